The van der Waals surface area contributed by atoms with Gasteiger partial charge in [-0.25, -0.2) is 0 Å². The fourth-order valence-electron chi connectivity index (χ4n) is 3.68. The first-order valence-electron chi connectivity index (χ1n) is 9.32. The molecule has 144 valence electrons. The summed E-state index contributed by atoms with van der Waals surface area (Å²) in [5.74, 6) is 0.664. The van der Waals surface area contributed by atoms with E-state index in [-0.39, 0.29) is 5.91 Å². The first-order valence-corrected chi connectivity index (χ1v) is 10.1. The summed E-state index contributed by atoms with van der Waals surface area (Å²) in [7, 11) is 0. The molecule has 0 spiro atoms. The standard InChI is InChI=1S/C23H18BrN3O2/c24-17-10-11-19-18(12-17)21(15-6-2-1-3-7-15)22(25-19)23(28)26-27-13-16-8-4-5-9-20(16)29-14-27/h1-12,25H,13-14H2,(H,26,28). The van der Waals surface area contributed by atoms with E-state index >= 15 is 0 Å². The number of carbonyl (C=O) groups excluding carboxylic acids is 1. The van der Waals surface area contributed by atoms with Crippen LogP contribution < -0.4 is 10.2 Å². The summed E-state index contributed by atoms with van der Waals surface area (Å²) in [5, 5.41) is 2.77. The highest BCUT2D eigenvalue weighted by atomic mass is 79.9. The first kappa shape index (κ1) is 18.0. The van der Waals surface area contributed by atoms with Crippen molar-refractivity contribution in [1.29, 1.82) is 0 Å². The lowest BCUT2D eigenvalue weighted by Crippen LogP contribution is -2.46. The Bertz CT molecular complexity index is 1200. The molecule has 0 unspecified atom stereocenters. The fraction of sp³-hybridized carbons (Fsp3) is 0.0870. The molecule has 0 bridgehead atoms. The Morgan fingerprint density at radius 3 is 2.69 bits per heavy atom. The summed E-state index contributed by atoms with van der Waals surface area (Å²) in [6.45, 7) is 0.892. The summed E-state index contributed by atoms with van der Waals surface area (Å²) in [5.41, 5.74) is 7.35. The van der Waals surface area contributed by atoms with Gasteiger partial charge in [-0.15, -0.1) is 0 Å². The molecule has 1 aliphatic heterocycles. The number of benzene rings is 3. The Morgan fingerprint density at radius 1 is 1.03 bits per heavy atom. The third kappa shape index (κ3) is 3.41. The number of nitrogens with zero attached hydrogens (tertiary/aromatic N) is 1. The smallest absolute Gasteiger partial charge is 0.282 e. The van der Waals surface area contributed by atoms with Crippen molar-refractivity contribution in [3.63, 3.8) is 0 Å². The van der Waals surface area contributed by atoms with E-state index in [1.54, 1.807) is 5.01 Å². The number of aromatic amines is 1. The largest absolute Gasteiger partial charge is 0.476 e. The van der Waals surface area contributed by atoms with Gasteiger partial charge in [0.1, 0.15) is 11.4 Å². The summed E-state index contributed by atoms with van der Waals surface area (Å²) in [4.78, 5) is 16.5. The number of rotatable bonds is 3. The van der Waals surface area contributed by atoms with Gasteiger partial charge in [-0.1, -0.05) is 64.5 Å². The minimum atomic E-state index is -0.195. The molecule has 1 amide bonds. The second-order valence-corrected chi connectivity index (χ2v) is 7.87. The molecule has 1 aromatic heterocycles. The zero-order chi connectivity index (χ0) is 19.8. The van der Waals surface area contributed by atoms with Crippen LogP contribution in [0.4, 0.5) is 0 Å². The molecule has 5 rings (SSSR count). The zero-order valence-corrected chi connectivity index (χ0v) is 17.1. The Hall–Kier alpha value is -3.09. The Morgan fingerprint density at radius 2 is 1.83 bits per heavy atom. The van der Waals surface area contributed by atoms with Crippen molar-refractivity contribution in [2.45, 2.75) is 6.54 Å². The Kier molecular flexibility index (Phi) is 4.58. The van der Waals surface area contributed by atoms with Crippen molar-refractivity contribution in [2.75, 3.05) is 6.73 Å². The summed E-state index contributed by atoms with van der Waals surface area (Å²) in [6.07, 6.45) is 0. The number of hydrazine groups is 1. The lowest BCUT2D eigenvalue weighted by molar-refractivity contribution is 0.0389. The zero-order valence-electron chi connectivity index (χ0n) is 15.5. The molecular weight excluding hydrogens is 430 g/mol. The minimum Gasteiger partial charge on any atom is -0.476 e. The molecule has 0 radical (unpaired) electrons. The number of nitrogens with one attached hydrogen (secondary N) is 2. The molecule has 29 heavy (non-hydrogen) atoms. The Balaban J connectivity index is 1.51. The number of para-hydroxylation sites is 1. The molecule has 1 aliphatic rings. The number of H-pyrrole nitrogens is 1. The molecule has 0 fully saturated rings. The molecule has 5 nitrogen and oxygen atoms in total. The van der Waals surface area contributed by atoms with Crippen molar-refractivity contribution in [3.05, 3.63) is 88.5 Å². The minimum absolute atomic E-state index is 0.195. The van der Waals surface area contributed by atoms with Crippen molar-refractivity contribution in [1.82, 2.24) is 15.4 Å². The first-order chi connectivity index (χ1) is 14.2. The van der Waals surface area contributed by atoms with Crippen LogP contribution >= 0.6 is 15.9 Å². The van der Waals surface area contributed by atoms with Crippen LogP contribution in [0.3, 0.4) is 0 Å². The normalized spacial score (nSPS) is 13.7. The van der Waals surface area contributed by atoms with Gasteiger partial charge in [-0.05, 0) is 29.8 Å². The number of ether oxygens (including phenoxy) is 1. The van der Waals surface area contributed by atoms with Gasteiger partial charge in [0.25, 0.3) is 5.91 Å². The molecule has 2 N–H and O–H groups in total. The van der Waals surface area contributed by atoms with Crippen LogP contribution in [-0.4, -0.2) is 22.6 Å². The number of carbonyl (C=O) groups is 1. The number of hydrogen-bond acceptors (Lipinski definition) is 3. The fourth-order valence-corrected chi connectivity index (χ4v) is 4.05. The highest BCUT2D eigenvalue weighted by molar-refractivity contribution is 9.10. The van der Waals surface area contributed by atoms with E-state index in [4.69, 9.17) is 4.74 Å². The van der Waals surface area contributed by atoms with E-state index in [9.17, 15) is 4.79 Å². The lowest BCUT2D eigenvalue weighted by atomic mass is 10.0. The molecule has 3 aromatic carbocycles. The highest BCUT2D eigenvalue weighted by Gasteiger charge is 2.23. The second kappa shape index (κ2) is 7.39. The topological polar surface area (TPSA) is 57.4 Å². The van der Waals surface area contributed by atoms with Gasteiger partial charge in [-0.3, -0.25) is 10.2 Å². The number of aromatic nitrogens is 1. The average molecular weight is 448 g/mol. The third-order valence-electron chi connectivity index (χ3n) is 5.02. The van der Waals surface area contributed by atoms with Gasteiger partial charge in [0.2, 0.25) is 0 Å². The van der Waals surface area contributed by atoms with Gasteiger partial charge < -0.3 is 9.72 Å². The maximum absolute atomic E-state index is 13.2. The van der Waals surface area contributed by atoms with Crippen LogP contribution in [0.5, 0.6) is 5.75 Å². The van der Waals surface area contributed by atoms with Gasteiger partial charge in [0, 0.05) is 26.5 Å². The van der Waals surface area contributed by atoms with Crippen LogP contribution in [0.25, 0.3) is 22.0 Å². The highest BCUT2D eigenvalue weighted by Crippen LogP contribution is 2.34. The van der Waals surface area contributed by atoms with E-state index in [2.05, 4.69) is 26.3 Å². The molecule has 0 atom stereocenters. The monoisotopic (exact) mass is 447 g/mol. The van der Waals surface area contributed by atoms with Crippen LogP contribution in [0.15, 0.2) is 77.3 Å². The maximum Gasteiger partial charge on any atom is 0.282 e. The van der Waals surface area contributed by atoms with E-state index in [1.807, 2.05) is 72.8 Å². The Labute approximate surface area is 176 Å². The third-order valence-corrected chi connectivity index (χ3v) is 5.51. The van der Waals surface area contributed by atoms with Crippen molar-refractivity contribution < 1.29 is 9.53 Å². The van der Waals surface area contributed by atoms with Crippen LogP contribution in [-0.2, 0) is 6.54 Å². The van der Waals surface area contributed by atoms with E-state index < -0.39 is 0 Å². The molecule has 0 saturated carbocycles. The van der Waals surface area contributed by atoms with Gasteiger partial charge in [0.15, 0.2) is 6.73 Å². The van der Waals surface area contributed by atoms with Crippen molar-refractivity contribution >= 4 is 32.7 Å². The molecule has 6 heteroatoms. The number of hydrogen-bond donors (Lipinski definition) is 2. The molecule has 0 aliphatic carbocycles. The predicted molar refractivity (Wildman–Crippen MR) is 116 cm³/mol. The van der Waals surface area contributed by atoms with Crippen LogP contribution in [0.1, 0.15) is 16.1 Å². The second-order valence-electron chi connectivity index (χ2n) is 6.95. The SMILES string of the molecule is O=C(NN1COc2ccccc2C1)c1[nH]c2ccc(Br)cc2c1-c1ccccc1. The van der Waals surface area contributed by atoms with Crippen molar-refractivity contribution in [2.24, 2.45) is 0 Å². The summed E-state index contributed by atoms with van der Waals surface area (Å²) < 4.78 is 6.72. The maximum atomic E-state index is 13.2. The molecule has 0 saturated heterocycles. The summed E-state index contributed by atoms with van der Waals surface area (Å²) in [6, 6.07) is 23.8. The summed E-state index contributed by atoms with van der Waals surface area (Å²) >= 11 is 3.54. The van der Waals surface area contributed by atoms with E-state index in [1.165, 1.54) is 0 Å². The van der Waals surface area contributed by atoms with Gasteiger partial charge in [0.05, 0.1) is 6.54 Å². The molecule has 4 aromatic rings. The lowest BCUT2D eigenvalue weighted by Gasteiger charge is -2.28. The average Bonchev–Trinajstić information content (AvgIpc) is 3.13. The van der Waals surface area contributed by atoms with E-state index in [0.717, 1.165) is 37.8 Å². The molecular formula is C23H18BrN3O2. The predicted octanol–water partition coefficient (Wildman–Crippen LogP) is 5.09. The van der Waals surface area contributed by atoms with Crippen LogP contribution in [0.2, 0.25) is 0 Å². The van der Waals surface area contributed by atoms with Crippen molar-refractivity contribution in [3.8, 4) is 16.9 Å². The quantitative estimate of drug-likeness (QED) is 0.459. The number of halogens is 1. The van der Waals surface area contributed by atoms with Gasteiger partial charge in [-0.2, -0.15) is 5.01 Å². The number of fused-ring (bicyclic) bond motifs is 2. The molecule has 2 heterocycles. The van der Waals surface area contributed by atoms with E-state index in [0.29, 0.717) is 19.0 Å². The van der Waals surface area contributed by atoms with Crippen LogP contribution in [0, 0.1) is 0 Å². The number of amides is 1. The van der Waals surface area contributed by atoms with Gasteiger partial charge >= 0.3 is 0 Å².